The van der Waals surface area contributed by atoms with Crippen LogP contribution < -0.4 is 0 Å². The second-order valence-electron chi connectivity index (χ2n) is 6.84. The van der Waals surface area contributed by atoms with E-state index in [2.05, 4.69) is 12.1 Å². The van der Waals surface area contributed by atoms with Crippen LogP contribution in [0.1, 0.15) is 0 Å². The van der Waals surface area contributed by atoms with Crippen LogP contribution in [-0.4, -0.2) is 15.1 Å². The van der Waals surface area contributed by atoms with Gasteiger partial charge in [0.2, 0.25) is 0 Å². The average molecular weight is 374 g/mol. The molecular weight excluding hydrogens is 356 g/mol. The monoisotopic (exact) mass is 374 g/mol. The highest BCUT2D eigenvalue weighted by Crippen LogP contribution is 2.36. The number of nitrogens with zero attached hydrogens (tertiary/aromatic N) is 2. The lowest BCUT2D eigenvalue weighted by atomic mass is 10.00. The molecule has 0 bridgehead atoms. The van der Waals surface area contributed by atoms with Crippen molar-refractivity contribution in [1.82, 2.24) is 9.97 Å². The summed E-state index contributed by atoms with van der Waals surface area (Å²) in [6.07, 6.45) is 0. The second-order valence-corrected chi connectivity index (χ2v) is 6.84. The zero-order valence-electron chi connectivity index (χ0n) is 15.7. The average Bonchev–Trinajstić information content (AvgIpc) is 2.79. The van der Waals surface area contributed by atoms with E-state index >= 15 is 0 Å². The number of fused-ring (bicyclic) bond motifs is 1. The maximum absolute atomic E-state index is 10.4. The maximum atomic E-state index is 10.4. The Balaban J connectivity index is 1.84. The van der Waals surface area contributed by atoms with Gasteiger partial charge >= 0.3 is 0 Å². The minimum atomic E-state index is 0.232. The lowest BCUT2D eigenvalue weighted by molar-refractivity contribution is 0.477. The highest BCUT2D eigenvalue weighted by molar-refractivity contribution is 5.96. The minimum absolute atomic E-state index is 0.232. The van der Waals surface area contributed by atoms with Crippen molar-refractivity contribution in [2.45, 2.75) is 0 Å². The topological polar surface area (TPSA) is 46.0 Å². The third-order valence-electron chi connectivity index (χ3n) is 4.98. The predicted octanol–water partition coefficient (Wildman–Crippen LogP) is 6.34. The van der Waals surface area contributed by atoms with Gasteiger partial charge in [0.1, 0.15) is 5.75 Å². The van der Waals surface area contributed by atoms with Gasteiger partial charge in [0.05, 0.1) is 22.4 Å². The van der Waals surface area contributed by atoms with Gasteiger partial charge in [-0.05, 0) is 12.1 Å². The Morgan fingerprint density at radius 3 is 1.69 bits per heavy atom. The van der Waals surface area contributed by atoms with E-state index in [0.29, 0.717) is 0 Å². The Kier molecular flexibility index (Phi) is 4.26. The third-order valence-corrected chi connectivity index (χ3v) is 4.98. The summed E-state index contributed by atoms with van der Waals surface area (Å²) >= 11 is 0. The number of hydrogen-bond acceptors (Lipinski definition) is 3. The molecule has 3 heteroatoms. The van der Waals surface area contributed by atoms with E-state index in [0.717, 1.165) is 44.7 Å². The lowest BCUT2D eigenvalue weighted by Crippen LogP contribution is -1.97. The molecule has 3 nitrogen and oxygen atoms in total. The molecule has 0 amide bonds. The zero-order valence-corrected chi connectivity index (χ0v) is 15.7. The van der Waals surface area contributed by atoms with Crippen LogP contribution in [0.25, 0.3) is 44.7 Å². The van der Waals surface area contributed by atoms with E-state index in [9.17, 15) is 5.11 Å². The SMILES string of the molecule is Oc1ccccc1-c1cccc2nc(-c3ccccc3)c(-c3ccccc3)nc12. The number of benzene rings is 4. The molecule has 0 fully saturated rings. The van der Waals surface area contributed by atoms with Crippen molar-refractivity contribution in [2.24, 2.45) is 0 Å². The molecule has 0 aliphatic heterocycles. The van der Waals surface area contributed by atoms with E-state index in [1.165, 1.54) is 0 Å². The number of phenolic OH excluding ortho intramolecular Hbond substituents is 1. The van der Waals surface area contributed by atoms with Crippen LogP contribution in [0, 0.1) is 0 Å². The van der Waals surface area contributed by atoms with Gasteiger partial charge in [0.25, 0.3) is 0 Å². The van der Waals surface area contributed by atoms with Crippen LogP contribution in [0.4, 0.5) is 0 Å². The molecule has 29 heavy (non-hydrogen) atoms. The molecular formula is C26H18N2O. The summed E-state index contributed by atoms with van der Waals surface area (Å²) in [4.78, 5) is 10.1. The number of aromatic nitrogens is 2. The van der Waals surface area contributed by atoms with E-state index in [1.807, 2.05) is 84.9 Å². The first-order chi connectivity index (χ1) is 14.3. The normalized spacial score (nSPS) is 10.9. The van der Waals surface area contributed by atoms with Gasteiger partial charge in [-0.15, -0.1) is 0 Å². The van der Waals surface area contributed by atoms with E-state index < -0.39 is 0 Å². The van der Waals surface area contributed by atoms with Crippen LogP contribution in [-0.2, 0) is 0 Å². The molecule has 0 aliphatic rings. The molecule has 1 heterocycles. The van der Waals surface area contributed by atoms with Crippen LogP contribution in [0.5, 0.6) is 5.75 Å². The fourth-order valence-electron chi connectivity index (χ4n) is 3.59. The van der Waals surface area contributed by atoms with Crippen molar-refractivity contribution in [3.05, 3.63) is 103 Å². The Labute approximate surface area is 169 Å². The van der Waals surface area contributed by atoms with Gasteiger partial charge in [0, 0.05) is 22.3 Å². The molecule has 1 aromatic heterocycles. The van der Waals surface area contributed by atoms with Gasteiger partial charge in [0.15, 0.2) is 0 Å². The number of rotatable bonds is 3. The molecule has 0 saturated carbocycles. The van der Waals surface area contributed by atoms with Gasteiger partial charge in [-0.2, -0.15) is 0 Å². The second kappa shape index (κ2) is 7.21. The molecule has 0 saturated heterocycles. The van der Waals surface area contributed by atoms with Crippen LogP contribution in [0.2, 0.25) is 0 Å². The van der Waals surface area contributed by atoms with Crippen molar-refractivity contribution in [1.29, 1.82) is 0 Å². The first kappa shape index (κ1) is 17.1. The van der Waals surface area contributed by atoms with Crippen LogP contribution >= 0.6 is 0 Å². The van der Waals surface area contributed by atoms with Gasteiger partial charge in [-0.3, -0.25) is 0 Å². The molecule has 0 atom stereocenters. The molecule has 5 rings (SSSR count). The van der Waals surface area contributed by atoms with E-state index in [1.54, 1.807) is 6.07 Å². The minimum Gasteiger partial charge on any atom is -0.507 e. The molecule has 4 aromatic carbocycles. The molecule has 138 valence electrons. The Hall–Kier alpha value is -3.98. The zero-order chi connectivity index (χ0) is 19.6. The Bertz CT molecular complexity index is 1300. The first-order valence-corrected chi connectivity index (χ1v) is 9.51. The number of phenols is 1. The fraction of sp³-hybridized carbons (Fsp3) is 0. The number of hydrogen-bond donors (Lipinski definition) is 1. The summed E-state index contributed by atoms with van der Waals surface area (Å²) in [6.45, 7) is 0. The van der Waals surface area contributed by atoms with Crippen molar-refractivity contribution >= 4 is 11.0 Å². The summed E-state index contributed by atoms with van der Waals surface area (Å²) in [7, 11) is 0. The predicted molar refractivity (Wildman–Crippen MR) is 118 cm³/mol. The smallest absolute Gasteiger partial charge is 0.123 e. The molecule has 0 radical (unpaired) electrons. The summed E-state index contributed by atoms with van der Waals surface area (Å²) in [5.74, 6) is 0.232. The Morgan fingerprint density at radius 1 is 0.483 bits per heavy atom. The standard InChI is InChI=1S/C26H18N2O/c29-23-17-8-7-14-20(23)21-15-9-16-22-26(21)28-25(19-12-5-2-6-13-19)24(27-22)18-10-3-1-4-11-18/h1-17,29H. The highest BCUT2D eigenvalue weighted by Gasteiger charge is 2.16. The summed E-state index contributed by atoms with van der Waals surface area (Å²) in [6, 6.07) is 33.4. The molecule has 1 N–H and O–H groups in total. The van der Waals surface area contributed by atoms with Gasteiger partial charge in [-0.1, -0.05) is 91.0 Å². The third kappa shape index (κ3) is 3.13. The maximum Gasteiger partial charge on any atom is 0.123 e. The van der Waals surface area contributed by atoms with Crippen molar-refractivity contribution < 1.29 is 5.11 Å². The van der Waals surface area contributed by atoms with Crippen LogP contribution in [0.3, 0.4) is 0 Å². The number of para-hydroxylation sites is 2. The van der Waals surface area contributed by atoms with Gasteiger partial charge in [-0.25, -0.2) is 9.97 Å². The summed E-state index contributed by atoms with van der Waals surface area (Å²) in [5, 5.41) is 10.4. The Morgan fingerprint density at radius 2 is 1.03 bits per heavy atom. The molecule has 0 spiro atoms. The molecule has 0 unspecified atom stereocenters. The van der Waals surface area contributed by atoms with E-state index in [4.69, 9.17) is 9.97 Å². The summed E-state index contributed by atoms with van der Waals surface area (Å²) in [5.41, 5.74) is 6.88. The van der Waals surface area contributed by atoms with Crippen molar-refractivity contribution in [2.75, 3.05) is 0 Å². The largest absolute Gasteiger partial charge is 0.507 e. The molecule has 0 aliphatic carbocycles. The summed E-state index contributed by atoms with van der Waals surface area (Å²) < 4.78 is 0. The van der Waals surface area contributed by atoms with Gasteiger partial charge < -0.3 is 5.11 Å². The van der Waals surface area contributed by atoms with Crippen molar-refractivity contribution in [3.63, 3.8) is 0 Å². The fourth-order valence-corrected chi connectivity index (χ4v) is 3.59. The van der Waals surface area contributed by atoms with Crippen LogP contribution in [0.15, 0.2) is 103 Å². The quantitative estimate of drug-likeness (QED) is 0.401. The first-order valence-electron chi connectivity index (χ1n) is 9.51. The van der Waals surface area contributed by atoms with E-state index in [-0.39, 0.29) is 5.75 Å². The highest BCUT2D eigenvalue weighted by atomic mass is 16.3. The number of aromatic hydroxyl groups is 1. The van der Waals surface area contributed by atoms with Crippen molar-refractivity contribution in [3.8, 4) is 39.4 Å². The molecule has 5 aromatic rings. The lowest BCUT2D eigenvalue weighted by Gasteiger charge is -2.13.